The minimum Gasteiger partial charge on any atom is -1.00 e. The van der Waals surface area contributed by atoms with E-state index in [1.54, 1.807) is 20.8 Å². The normalized spacial score (nSPS) is 17.8. The first kappa shape index (κ1) is 20.3. The summed E-state index contributed by atoms with van der Waals surface area (Å²) < 4.78 is 10.2. The molecule has 2 N–H and O–H groups in total. The summed E-state index contributed by atoms with van der Waals surface area (Å²) in [6.07, 6.45) is -0.715. The van der Waals surface area contributed by atoms with Gasteiger partial charge in [-0.05, 0) is 20.8 Å². The molecule has 0 saturated carbocycles. The van der Waals surface area contributed by atoms with Crippen LogP contribution in [0.3, 0.4) is 0 Å². The average Bonchev–Trinajstić information content (AvgIpc) is 2.26. The molecular weight excluding hydrogens is 291 g/mol. The van der Waals surface area contributed by atoms with E-state index in [9.17, 15) is 9.59 Å². The molecule has 7 nitrogen and oxygen atoms in total. The molecule has 1 amide bonds. The van der Waals surface area contributed by atoms with Gasteiger partial charge in [0.1, 0.15) is 11.6 Å². The van der Waals surface area contributed by atoms with Gasteiger partial charge in [-0.25, -0.2) is 9.59 Å². The number of carboxylic acid groups (broad SMARTS) is 1. The maximum Gasteiger partial charge on any atom is 1.00 e. The summed E-state index contributed by atoms with van der Waals surface area (Å²) in [5, 5.41) is 11.5. The van der Waals surface area contributed by atoms with E-state index in [1.807, 2.05) is 4.90 Å². The third kappa shape index (κ3) is 8.55. The van der Waals surface area contributed by atoms with E-state index in [0.29, 0.717) is 26.3 Å². The number of hydrogen-bond acceptors (Lipinski definition) is 5. The van der Waals surface area contributed by atoms with E-state index < -0.39 is 23.7 Å². The summed E-state index contributed by atoms with van der Waals surface area (Å²) >= 11 is 0. The molecular formula is C12H23KN2O5. The minimum atomic E-state index is -1.07. The fourth-order valence-electron chi connectivity index (χ4n) is 1.68. The number of ether oxygens (including phenoxy) is 2. The quantitative estimate of drug-likeness (QED) is 0.554. The predicted molar refractivity (Wildman–Crippen MR) is 69.2 cm³/mol. The Labute approximate surface area is 163 Å². The molecule has 1 aliphatic rings. The summed E-state index contributed by atoms with van der Waals surface area (Å²) in [7, 11) is 0. The smallest absolute Gasteiger partial charge is 1.00 e. The van der Waals surface area contributed by atoms with Crippen LogP contribution < -0.4 is 56.7 Å². The Morgan fingerprint density at radius 3 is 2.40 bits per heavy atom. The maximum atomic E-state index is 11.6. The van der Waals surface area contributed by atoms with E-state index in [1.165, 1.54) is 0 Å². The van der Waals surface area contributed by atoms with Gasteiger partial charge >= 0.3 is 63.4 Å². The summed E-state index contributed by atoms with van der Waals surface area (Å²) in [4.78, 5) is 24.7. The Morgan fingerprint density at radius 2 is 1.95 bits per heavy atom. The summed E-state index contributed by atoms with van der Waals surface area (Å²) in [6.45, 7) is 7.92. The molecule has 1 atom stereocenters. The first-order valence-electron chi connectivity index (χ1n) is 6.30. The number of carboxylic acids is 1. The Kier molecular flexibility index (Phi) is 9.48. The van der Waals surface area contributed by atoms with E-state index >= 15 is 0 Å². The molecule has 1 aliphatic heterocycles. The van der Waals surface area contributed by atoms with Crippen LogP contribution in [0.25, 0.3) is 0 Å². The van der Waals surface area contributed by atoms with Crippen LogP contribution in [0, 0.1) is 0 Å². The molecule has 0 aliphatic carbocycles. The van der Waals surface area contributed by atoms with Crippen molar-refractivity contribution in [3.63, 3.8) is 0 Å². The number of carbonyl (C=O) groups excluding carboxylic acids is 1. The van der Waals surface area contributed by atoms with Gasteiger partial charge in [0, 0.05) is 19.6 Å². The van der Waals surface area contributed by atoms with Gasteiger partial charge < -0.3 is 21.3 Å². The second kappa shape index (κ2) is 9.34. The number of carbonyl (C=O) groups is 2. The molecule has 1 rings (SSSR count). The number of nitrogens with zero attached hydrogens (tertiary/aromatic N) is 1. The van der Waals surface area contributed by atoms with Gasteiger partial charge in [0.2, 0.25) is 0 Å². The van der Waals surface area contributed by atoms with Crippen molar-refractivity contribution in [3.8, 4) is 0 Å². The predicted octanol–water partition coefficient (Wildman–Crippen LogP) is -2.59. The maximum absolute atomic E-state index is 11.6. The third-order valence-corrected chi connectivity index (χ3v) is 2.53. The summed E-state index contributed by atoms with van der Waals surface area (Å²) in [5.41, 5.74) is -0.647. The van der Waals surface area contributed by atoms with Crippen LogP contribution in [0.4, 0.5) is 4.79 Å². The van der Waals surface area contributed by atoms with Crippen molar-refractivity contribution in [1.29, 1.82) is 0 Å². The fraction of sp³-hybridized carbons (Fsp3) is 0.833. The number of aliphatic carboxylic acids is 1. The molecule has 20 heavy (non-hydrogen) atoms. The van der Waals surface area contributed by atoms with Crippen molar-refractivity contribution in [2.45, 2.75) is 32.4 Å². The molecule has 112 valence electrons. The molecule has 0 spiro atoms. The van der Waals surface area contributed by atoms with Crippen LogP contribution in [-0.2, 0) is 14.3 Å². The van der Waals surface area contributed by atoms with E-state index in [-0.39, 0.29) is 59.4 Å². The number of amides is 1. The van der Waals surface area contributed by atoms with Crippen molar-refractivity contribution in [3.05, 3.63) is 0 Å². The van der Waals surface area contributed by atoms with Gasteiger partial charge in [0.05, 0.1) is 13.2 Å². The average molecular weight is 314 g/mol. The Balaban J connectivity index is 0. The number of hydrogen-bond donors (Lipinski definition) is 2. The van der Waals surface area contributed by atoms with Crippen LogP contribution in [0.15, 0.2) is 0 Å². The van der Waals surface area contributed by atoms with Gasteiger partial charge in [0.15, 0.2) is 0 Å². The zero-order valence-electron chi connectivity index (χ0n) is 13.6. The van der Waals surface area contributed by atoms with Gasteiger partial charge in [-0.3, -0.25) is 4.90 Å². The van der Waals surface area contributed by atoms with Crippen molar-refractivity contribution in [2.24, 2.45) is 0 Å². The van der Waals surface area contributed by atoms with Crippen LogP contribution in [0.2, 0.25) is 0 Å². The molecule has 1 heterocycles. The van der Waals surface area contributed by atoms with Crippen LogP contribution in [-0.4, -0.2) is 66.6 Å². The van der Waals surface area contributed by atoms with E-state index in [0.717, 1.165) is 0 Å². The molecule has 1 fully saturated rings. The van der Waals surface area contributed by atoms with Gasteiger partial charge in [0.25, 0.3) is 0 Å². The molecule has 0 unspecified atom stereocenters. The molecule has 0 aromatic carbocycles. The number of alkyl carbamates (subject to hydrolysis) is 1. The fourth-order valence-corrected chi connectivity index (χ4v) is 1.68. The van der Waals surface area contributed by atoms with Crippen molar-refractivity contribution < 1.29 is 77.0 Å². The second-order valence-electron chi connectivity index (χ2n) is 5.45. The standard InChI is InChI=1S/C12H22N2O5.K.H/c1-12(2,3)19-11(17)13-9(10(15)16)8-14-4-6-18-7-5-14;;/h9H,4-8H2,1-3H3,(H,13,17)(H,15,16);;/q;+1;-1/t9-;;/m1../s1. The van der Waals surface area contributed by atoms with Gasteiger partial charge in [-0.2, -0.15) is 0 Å². The SMILES string of the molecule is CC(C)(C)OC(=O)N[C@H](CN1CCOCC1)C(=O)O.[H-].[K+]. The Bertz CT molecular complexity index is 332. The number of nitrogens with one attached hydrogen (secondary N) is 1. The van der Waals surface area contributed by atoms with Crippen LogP contribution in [0.5, 0.6) is 0 Å². The minimum absolute atomic E-state index is 0. The Hall–Kier alpha value is 0.296. The largest absolute Gasteiger partial charge is 1.00 e. The van der Waals surface area contributed by atoms with Crippen molar-refractivity contribution in [1.82, 2.24) is 10.2 Å². The van der Waals surface area contributed by atoms with Gasteiger partial charge in [-0.1, -0.05) is 0 Å². The zero-order chi connectivity index (χ0) is 14.5. The molecule has 0 bridgehead atoms. The monoisotopic (exact) mass is 314 g/mol. The molecule has 0 aromatic rings. The first-order chi connectivity index (χ1) is 8.78. The van der Waals surface area contributed by atoms with Crippen LogP contribution in [0.1, 0.15) is 22.2 Å². The van der Waals surface area contributed by atoms with E-state index in [4.69, 9.17) is 14.6 Å². The Morgan fingerprint density at radius 1 is 1.40 bits per heavy atom. The second-order valence-corrected chi connectivity index (χ2v) is 5.45. The topological polar surface area (TPSA) is 88.1 Å². The summed E-state index contributed by atoms with van der Waals surface area (Å²) in [5.74, 6) is -1.07. The van der Waals surface area contributed by atoms with Crippen molar-refractivity contribution in [2.75, 3.05) is 32.8 Å². The van der Waals surface area contributed by atoms with E-state index in [2.05, 4.69) is 5.32 Å². The first-order valence-corrected chi connectivity index (χ1v) is 6.30. The molecule has 0 radical (unpaired) electrons. The van der Waals surface area contributed by atoms with Crippen molar-refractivity contribution >= 4 is 12.1 Å². The van der Waals surface area contributed by atoms with Crippen LogP contribution >= 0.6 is 0 Å². The molecule has 1 saturated heterocycles. The number of rotatable bonds is 4. The third-order valence-electron chi connectivity index (χ3n) is 2.53. The summed E-state index contributed by atoms with van der Waals surface area (Å²) in [6, 6.07) is -0.979. The molecule has 8 heteroatoms. The van der Waals surface area contributed by atoms with Gasteiger partial charge in [-0.15, -0.1) is 0 Å². The zero-order valence-corrected chi connectivity index (χ0v) is 15.8. The molecule has 0 aromatic heterocycles. The number of morpholine rings is 1.